The van der Waals surface area contributed by atoms with Crippen LogP contribution in [0.4, 0.5) is 0 Å². The molecule has 0 saturated heterocycles. The molecule has 0 unspecified atom stereocenters. The fraction of sp³-hybridized carbons (Fsp3) is 0.400. The van der Waals surface area contributed by atoms with Gasteiger partial charge in [-0.2, -0.15) is 0 Å². The molecule has 1 rings (SSSR count). The van der Waals surface area contributed by atoms with E-state index < -0.39 is 57.0 Å². The Labute approximate surface area is 152 Å². The molecule has 26 heavy (non-hydrogen) atoms. The molecule has 0 aromatic heterocycles. The molecule has 0 saturated carbocycles. The lowest BCUT2D eigenvalue weighted by atomic mass is 9.93. The summed E-state index contributed by atoms with van der Waals surface area (Å²) in [5.74, 6) is -6.35. The summed E-state index contributed by atoms with van der Waals surface area (Å²) in [6, 6.07) is 0. The molecule has 0 amide bonds. The fourth-order valence-electron chi connectivity index (χ4n) is 2.37. The maximum atomic E-state index is 12.4. The number of ether oxygens (including phenoxy) is 5. The monoisotopic (exact) mass is 390 g/mol. The van der Waals surface area contributed by atoms with Gasteiger partial charge < -0.3 is 23.7 Å². The number of halogens is 1. The van der Waals surface area contributed by atoms with E-state index in [9.17, 15) is 24.0 Å². The molecule has 142 valence electrons. The Morgan fingerprint density at radius 3 is 1.15 bits per heavy atom. The van der Waals surface area contributed by atoms with E-state index in [1.807, 2.05) is 0 Å². The Hall–Kier alpha value is -2.88. The van der Waals surface area contributed by atoms with Crippen LogP contribution in [0.15, 0.2) is 22.3 Å². The van der Waals surface area contributed by atoms with Crippen molar-refractivity contribution in [1.29, 1.82) is 0 Å². The molecule has 11 heteroatoms. The van der Waals surface area contributed by atoms with Crippen LogP contribution in [0.1, 0.15) is 0 Å². The molecule has 0 bridgehead atoms. The van der Waals surface area contributed by atoms with Gasteiger partial charge in [0.1, 0.15) is 0 Å². The Morgan fingerprint density at radius 1 is 0.615 bits per heavy atom. The third-order valence-electron chi connectivity index (χ3n) is 3.46. The Kier molecular flexibility index (Phi) is 6.51. The maximum absolute atomic E-state index is 12.4. The zero-order valence-corrected chi connectivity index (χ0v) is 15.2. The van der Waals surface area contributed by atoms with Crippen molar-refractivity contribution in [2.24, 2.45) is 0 Å². The molecule has 0 aliphatic heterocycles. The average Bonchev–Trinajstić information content (AvgIpc) is 2.94. The van der Waals surface area contributed by atoms with Crippen LogP contribution in [-0.4, -0.2) is 70.3 Å². The first-order valence-electron chi connectivity index (χ1n) is 6.77. The first-order chi connectivity index (χ1) is 12.2. The number of rotatable bonds is 5. The first-order valence-corrected chi connectivity index (χ1v) is 7.15. The highest BCUT2D eigenvalue weighted by atomic mass is 35.5. The lowest BCUT2D eigenvalue weighted by Gasteiger charge is -2.23. The van der Waals surface area contributed by atoms with Crippen molar-refractivity contribution < 1.29 is 47.7 Å². The van der Waals surface area contributed by atoms with E-state index in [4.69, 9.17) is 11.6 Å². The number of hydrogen-bond acceptors (Lipinski definition) is 10. The minimum absolute atomic E-state index is 0.771. The van der Waals surface area contributed by atoms with Gasteiger partial charge in [0, 0.05) is 0 Å². The number of carbonyl (C=O) groups excluding carboxylic acids is 5. The molecule has 1 aliphatic rings. The number of carbonyl (C=O) groups is 5. The summed E-state index contributed by atoms with van der Waals surface area (Å²) in [5, 5.41) is 0. The van der Waals surface area contributed by atoms with Crippen LogP contribution in [0.5, 0.6) is 0 Å². The third kappa shape index (κ3) is 3.03. The molecule has 0 aromatic carbocycles. The molecule has 1 aliphatic carbocycles. The Balaban J connectivity index is 4.12. The van der Waals surface area contributed by atoms with Gasteiger partial charge in [0.25, 0.3) is 0 Å². The normalized spacial score (nSPS) is 15.3. The summed E-state index contributed by atoms with van der Waals surface area (Å²) >= 11 is 6.28. The van der Waals surface area contributed by atoms with Crippen LogP contribution in [-0.2, 0) is 47.7 Å². The SMILES string of the molecule is COC(=O)C1=C(C(=O)OC)C(Cl)(C(=O)OC)C(C(=O)OC)=C1C(=O)OC. The molecule has 0 atom stereocenters. The van der Waals surface area contributed by atoms with E-state index in [2.05, 4.69) is 23.7 Å². The average molecular weight is 391 g/mol. The second-order valence-corrected chi connectivity index (χ2v) is 5.18. The maximum Gasteiger partial charge on any atom is 0.339 e. The summed E-state index contributed by atoms with van der Waals surface area (Å²) in [7, 11) is 4.69. The minimum Gasteiger partial charge on any atom is -0.467 e. The summed E-state index contributed by atoms with van der Waals surface area (Å²) < 4.78 is 22.7. The predicted octanol–water partition coefficient (Wildman–Crippen LogP) is -0.564. The second kappa shape index (κ2) is 8.00. The fourth-order valence-corrected chi connectivity index (χ4v) is 2.79. The van der Waals surface area contributed by atoms with Gasteiger partial charge >= 0.3 is 29.8 Å². The molecular weight excluding hydrogens is 376 g/mol. The van der Waals surface area contributed by atoms with E-state index in [0.717, 1.165) is 35.5 Å². The number of methoxy groups -OCH3 is 5. The highest BCUT2D eigenvalue weighted by Crippen LogP contribution is 2.48. The zero-order chi connectivity index (χ0) is 20.2. The molecule has 10 nitrogen and oxygen atoms in total. The van der Waals surface area contributed by atoms with Gasteiger partial charge in [0.2, 0.25) is 4.87 Å². The van der Waals surface area contributed by atoms with E-state index in [1.54, 1.807) is 0 Å². The van der Waals surface area contributed by atoms with Crippen molar-refractivity contribution in [3.63, 3.8) is 0 Å². The van der Waals surface area contributed by atoms with Crippen LogP contribution >= 0.6 is 11.6 Å². The third-order valence-corrected chi connectivity index (χ3v) is 4.00. The van der Waals surface area contributed by atoms with E-state index in [0.29, 0.717) is 0 Å². The van der Waals surface area contributed by atoms with Crippen LogP contribution in [0.25, 0.3) is 0 Å². The van der Waals surface area contributed by atoms with E-state index in [-0.39, 0.29) is 0 Å². The van der Waals surface area contributed by atoms with Crippen LogP contribution < -0.4 is 0 Å². The van der Waals surface area contributed by atoms with E-state index in [1.165, 1.54) is 0 Å². The van der Waals surface area contributed by atoms with Crippen molar-refractivity contribution in [3.8, 4) is 0 Å². The van der Waals surface area contributed by atoms with Crippen LogP contribution in [0.2, 0.25) is 0 Å². The number of esters is 5. The molecule has 0 spiro atoms. The quantitative estimate of drug-likeness (QED) is 0.341. The topological polar surface area (TPSA) is 132 Å². The van der Waals surface area contributed by atoms with Crippen LogP contribution in [0, 0.1) is 0 Å². The molecule has 0 aromatic rings. The van der Waals surface area contributed by atoms with Gasteiger partial charge in [-0.15, -0.1) is 0 Å². The van der Waals surface area contributed by atoms with Crippen LogP contribution in [0.3, 0.4) is 0 Å². The minimum atomic E-state index is -2.69. The van der Waals surface area contributed by atoms with Gasteiger partial charge in [0.15, 0.2) is 0 Å². The smallest absolute Gasteiger partial charge is 0.339 e. The number of hydrogen-bond donors (Lipinski definition) is 0. The molecule has 0 heterocycles. The zero-order valence-electron chi connectivity index (χ0n) is 14.5. The molecule has 0 N–H and O–H groups in total. The summed E-state index contributed by atoms with van der Waals surface area (Å²) in [4.78, 5) is 58.7. The van der Waals surface area contributed by atoms with Gasteiger partial charge in [-0.1, -0.05) is 11.6 Å². The van der Waals surface area contributed by atoms with E-state index >= 15 is 0 Å². The lowest BCUT2D eigenvalue weighted by Crippen LogP contribution is -2.42. The van der Waals surface area contributed by atoms with Crippen molar-refractivity contribution in [3.05, 3.63) is 22.3 Å². The Bertz CT molecular complexity index is 694. The Morgan fingerprint density at radius 2 is 0.923 bits per heavy atom. The summed E-state index contributed by atoms with van der Waals surface area (Å²) in [6.45, 7) is 0. The highest BCUT2D eigenvalue weighted by Gasteiger charge is 2.61. The van der Waals surface area contributed by atoms with Gasteiger partial charge in [-0.05, 0) is 0 Å². The van der Waals surface area contributed by atoms with Gasteiger partial charge in [0.05, 0.1) is 57.8 Å². The molecule has 0 fully saturated rings. The largest absolute Gasteiger partial charge is 0.467 e. The highest BCUT2D eigenvalue weighted by molar-refractivity contribution is 6.46. The summed E-state index contributed by atoms with van der Waals surface area (Å²) in [6.07, 6.45) is 0. The van der Waals surface area contributed by atoms with Crippen molar-refractivity contribution in [2.45, 2.75) is 4.87 Å². The lowest BCUT2D eigenvalue weighted by molar-refractivity contribution is -0.147. The number of alkyl halides is 1. The van der Waals surface area contributed by atoms with Crippen molar-refractivity contribution >= 4 is 41.4 Å². The van der Waals surface area contributed by atoms with Gasteiger partial charge in [-0.25, -0.2) is 24.0 Å². The second-order valence-electron chi connectivity index (χ2n) is 4.62. The predicted molar refractivity (Wildman–Crippen MR) is 82.7 cm³/mol. The summed E-state index contributed by atoms with van der Waals surface area (Å²) in [5.41, 5.74) is -3.21. The van der Waals surface area contributed by atoms with Gasteiger partial charge in [-0.3, -0.25) is 0 Å². The standard InChI is InChI=1S/C15H15ClO10/c1-22-10(17)6-7(11(18)23-2)9(13(20)25-4)15(16,14(21)26-5)8(6)12(19)24-3/h1-5H3. The molecular formula is C15H15ClO10. The van der Waals surface area contributed by atoms with Crippen molar-refractivity contribution in [2.75, 3.05) is 35.5 Å². The first kappa shape index (κ1) is 21.2. The molecule has 0 radical (unpaired) electrons. The van der Waals surface area contributed by atoms with Crippen molar-refractivity contribution in [1.82, 2.24) is 0 Å².